The number of hydrogen-bond donors (Lipinski definition) is 0. The van der Waals surface area contributed by atoms with Crippen LogP contribution < -0.4 is 0 Å². The molecule has 1 aliphatic heterocycles. The van der Waals surface area contributed by atoms with Gasteiger partial charge in [-0.05, 0) is 28.8 Å². The molecule has 9 nitrogen and oxygen atoms in total. The van der Waals surface area contributed by atoms with E-state index in [1.807, 2.05) is 17.5 Å². The predicted octanol–water partition coefficient (Wildman–Crippen LogP) is 1.24. The van der Waals surface area contributed by atoms with Crippen LogP contribution in [0.4, 0.5) is 0 Å². The molecule has 0 aliphatic carbocycles. The van der Waals surface area contributed by atoms with Gasteiger partial charge in [-0.15, -0.1) is 21.5 Å². The maximum Gasteiger partial charge on any atom is 0.329 e. The molecule has 3 aromatic rings. The number of tetrazole rings is 1. The van der Waals surface area contributed by atoms with Crippen LogP contribution in [-0.4, -0.2) is 56.0 Å². The zero-order valence-corrected chi connectivity index (χ0v) is 14.8. The molecule has 0 saturated heterocycles. The van der Waals surface area contributed by atoms with E-state index in [1.165, 1.54) is 11.3 Å². The molecule has 0 N–H and O–H groups in total. The number of rotatable bonds is 6. The molecule has 1 aliphatic rings. The number of carbonyl (C=O) groups excluding carboxylic acids is 3. The molecule has 27 heavy (non-hydrogen) atoms. The van der Waals surface area contributed by atoms with E-state index in [1.54, 1.807) is 24.3 Å². The Balaban J connectivity index is 1.29. The molecular formula is C17H13N5O4S. The Morgan fingerprint density at radius 3 is 2.48 bits per heavy atom. The third-order valence-corrected chi connectivity index (χ3v) is 4.79. The highest BCUT2D eigenvalue weighted by molar-refractivity contribution is 7.13. The summed E-state index contributed by atoms with van der Waals surface area (Å²) in [6.45, 7) is -0.319. The quantitative estimate of drug-likeness (QED) is 0.465. The van der Waals surface area contributed by atoms with E-state index in [0.717, 1.165) is 14.6 Å². The highest BCUT2D eigenvalue weighted by atomic mass is 32.1. The van der Waals surface area contributed by atoms with Gasteiger partial charge >= 0.3 is 5.97 Å². The third-order valence-electron chi connectivity index (χ3n) is 3.92. The Bertz CT molecular complexity index is 979. The molecule has 4 rings (SSSR count). The van der Waals surface area contributed by atoms with E-state index < -0.39 is 5.97 Å². The lowest BCUT2D eigenvalue weighted by atomic mass is 10.1. The number of esters is 1. The number of benzene rings is 1. The summed E-state index contributed by atoms with van der Waals surface area (Å²) in [7, 11) is 0. The van der Waals surface area contributed by atoms with Gasteiger partial charge in [0.1, 0.15) is 6.61 Å². The zero-order valence-electron chi connectivity index (χ0n) is 13.9. The van der Waals surface area contributed by atoms with Crippen LogP contribution in [-0.2, 0) is 16.1 Å². The summed E-state index contributed by atoms with van der Waals surface area (Å²) in [6.07, 6.45) is 0. The second-order valence-electron chi connectivity index (χ2n) is 5.65. The fourth-order valence-electron chi connectivity index (χ4n) is 2.67. The molecule has 0 unspecified atom stereocenters. The number of carbonyl (C=O) groups is 3. The van der Waals surface area contributed by atoms with Crippen molar-refractivity contribution in [1.82, 2.24) is 25.1 Å². The fraction of sp³-hybridized carbons (Fsp3) is 0.176. The summed E-state index contributed by atoms with van der Waals surface area (Å²) in [5, 5.41) is 13.7. The van der Waals surface area contributed by atoms with Gasteiger partial charge in [-0.3, -0.25) is 14.5 Å². The lowest BCUT2D eigenvalue weighted by Crippen LogP contribution is -2.33. The normalized spacial score (nSPS) is 13.1. The molecule has 0 fully saturated rings. The van der Waals surface area contributed by atoms with Gasteiger partial charge in [-0.1, -0.05) is 18.2 Å². The number of fused-ring (bicyclic) bond motifs is 1. The average Bonchev–Trinajstić information content (AvgIpc) is 3.39. The SMILES string of the molecule is O=C(Cn1nnc(-c2cccs2)n1)OCCN1C(=O)c2ccccc2C1=O. The van der Waals surface area contributed by atoms with Crippen molar-refractivity contribution < 1.29 is 19.1 Å². The Labute approximate surface area is 157 Å². The molecule has 136 valence electrons. The van der Waals surface area contributed by atoms with Crippen molar-refractivity contribution in [2.24, 2.45) is 0 Å². The van der Waals surface area contributed by atoms with Crippen molar-refractivity contribution in [3.05, 3.63) is 52.9 Å². The smallest absolute Gasteiger partial charge is 0.329 e. The van der Waals surface area contributed by atoms with Gasteiger partial charge in [0.05, 0.1) is 22.5 Å². The van der Waals surface area contributed by atoms with Crippen molar-refractivity contribution in [3.8, 4) is 10.7 Å². The minimum absolute atomic E-state index is 0.0106. The van der Waals surface area contributed by atoms with Gasteiger partial charge in [0.2, 0.25) is 5.82 Å². The lowest BCUT2D eigenvalue weighted by molar-refractivity contribution is -0.145. The Kier molecular flexibility index (Phi) is 4.47. The van der Waals surface area contributed by atoms with Gasteiger partial charge in [0.15, 0.2) is 6.54 Å². The maximum absolute atomic E-state index is 12.2. The van der Waals surface area contributed by atoms with Crippen LogP contribution in [0.5, 0.6) is 0 Å². The molecule has 0 spiro atoms. The lowest BCUT2D eigenvalue weighted by Gasteiger charge is -2.13. The zero-order chi connectivity index (χ0) is 18.8. The van der Waals surface area contributed by atoms with Crippen molar-refractivity contribution >= 4 is 29.1 Å². The first kappa shape index (κ1) is 17.0. The summed E-state index contributed by atoms with van der Waals surface area (Å²) in [5.74, 6) is -0.916. The van der Waals surface area contributed by atoms with Gasteiger partial charge in [-0.25, -0.2) is 4.79 Å². The number of imide groups is 1. The molecular weight excluding hydrogens is 370 g/mol. The molecule has 1 aromatic carbocycles. The fourth-order valence-corrected chi connectivity index (χ4v) is 3.32. The van der Waals surface area contributed by atoms with Crippen molar-refractivity contribution in [3.63, 3.8) is 0 Å². The topological polar surface area (TPSA) is 107 Å². The Hall–Kier alpha value is -3.40. The van der Waals surface area contributed by atoms with Crippen molar-refractivity contribution in [2.45, 2.75) is 6.54 Å². The number of nitrogens with zero attached hydrogens (tertiary/aromatic N) is 5. The standard InChI is InChI=1S/C17H13N5O4S/c23-14(10-22-19-15(18-20-22)13-6-3-9-27-13)26-8-7-21-16(24)11-4-1-2-5-12(11)17(21)25/h1-6,9H,7-8,10H2. The van der Waals surface area contributed by atoms with E-state index in [4.69, 9.17) is 4.74 Å². The van der Waals surface area contributed by atoms with Gasteiger partial charge in [0, 0.05) is 0 Å². The summed E-state index contributed by atoms with van der Waals surface area (Å²) in [5.41, 5.74) is 0.725. The molecule has 0 bridgehead atoms. The van der Waals surface area contributed by atoms with E-state index >= 15 is 0 Å². The number of hydrogen-bond acceptors (Lipinski definition) is 8. The van der Waals surface area contributed by atoms with Gasteiger partial charge in [0.25, 0.3) is 11.8 Å². The molecule has 10 heteroatoms. The van der Waals surface area contributed by atoms with Crippen molar-refractivity contribution in [2.75, 3.05) is 13.2 Å². The van der Waals surface area contributed by atoms with Crippen LogP contribution in [0.1, 0.15) is 20.7 Å². The van der Waals surface area contributed by atoms with E-state index in [9.17, 15) is 14.4 Å². The van der Waals surface area contributed by atoms with Crippen molar-refractivity contribution in [1.29, 1.82) is 0 Å². The number of aromatic nitrogens is 4. The summed E-state index contributed by atoms with van der Waals surface area (Å²) < 4.78 is 5.09. The first-order valence-electron chi connectivity index (χ1n) is 8.06. The van der Waals surface area contributed by atoms with Crippen LogP contribution in [0.3, 0.4) is 0 Å². The molecule has 0 saturated carbocycles. The van der Waals surface area contributed by atoms with E-state index in [2.05, 4.69) is 15.4 Å². The van der Waals surface area contributed by atoms with Crippen LogP contribution >= 0.6 is 11.3 Å². The number of thiophene rings is 1. The monoisotopic (exact) mass is 383 g/mol. The molecule has 0 radical (unpaired) electrons. The van der Waals surface area contributed by atoms with Gasteiger partial charge in [-0.2, -0.15) is 4.80 Å². The Morgan fingerprint density at radius 2 is 1.81 bits per heavy atom. The maximum atomic E-state index is 12.2. The minimum atomic E-state index is -0.582. The predicted molar refractivity (Wildman–Crippen MR) is 93.9 cm³/mol. The number of amides is 2. The van der Waals surface area contributed by atoms with E-state index in [-0.39, 0.29) is 31.5 Å². The second kappa shape index (κ2) is 7.08. The molecule has 3 heterocycles. The highest BCUT2D eigenvalue weighted by Gasteiger charge is 2.34. The molecule has 2 amide bonds. The van der Waals surface area contributed by atoms with Crippen LogP contribution in [0.25, 0.3) is 10.7 Å². The molecule has 0 atom stereocenters. The largest absolute Gasteiger partial charge is 0.462 e. The van der Waals surface area contributed by atoms with Crippen LogP contribution in [0.15, 0.2) is 41.8 Å². The number of ether oxygens (including phenoxy) is 1. The highest BCUT2D eigenvalue weighted by Crippen LogP contribution is 2.22. The summed E-state index contributed by atoms with van der Waals surface area (Å²) >= 11 is 1.47. The second-order valence-corrected chi connectivity index (χ2v) is 6.60. The van der Waals surface area contributed by atoms with Gasteiger partial charge < -0.3 is 4.74 Å². The molecule has 2 aromatic heterocycles. The summed E-state index contributed by atoms with van der Waals surface area (Å²) in [4.78, 5) is 39.4. The van der Waals surface area contributed by atoms with Crippen LogP contribution in [0, 0.1) is 0 Å². The van der Waals surface area contributed by atoms with Crippen LogP contribution in [0.2, 0.25) is 0 Å². The average molecular weight is 383 g/mol. The Morgan fingerprint density at radius 1 is 1.07 bits per heavy atom. The third kappa shape index (κ3) is 3.34. The summed E-state index contributed by atoms with van der Waals surface area (Å²) in [6, 6.07) is 10.3. The minimum Gasteiger partial charge on any atom is -0.462 e. The first-order valence-corrected chi connectivity index (χ1v) is 8.94. The van der Waals surface area contributed by atoms with E-state index in [0.29, 0.717) is 17.0 Å². The first-order chi connectivity index (χ1) is 13.1.